The Hall–Kier alpha value is -1.33. The molecule has 0 bridgehead atoms. The predicted octanol–water partition coefficient (Wildman–Crippen LogP) is 0.982. The van der Waals surface area contributed by atoms with E-state index in [1.165, 1.54) is 6.26 Å². The SMILES string of the molecule is CC(C)(C)OC(=O)[C@H](N)[C@H](O)c1ccco1. The van der Waals surface area contributed by atoms with Crippen molar-refractivity contribution >= 4 is 5.97 Å². The third kappa shape index (κ3) is 3.36. The molecule has 2 atom stereocenters. The van der Waals surface area contributed by atoms with Gasteiger partial charge in [-0.1, -0.05) is 0 Å². The number of aliphatic hydroxyl groups excluding tert-OH is 1. The summed E-state index contributed by atoms with van der Waals surface area (Å²) in [7, 11) is 0. The van der Waals surface area contributed by atoms with Crippen molar-refractivity contribution in [1.82, 2.24) is 0 Å². The van der Waals surface area contributed by atoms with Gasteiger partial charge >= 0.3 is 5.97 Å². The van der Waals surface area contributed by atoms with Crippen LogP contribution < -0.4 is 5.73 Å². The van der Waals surface area contributed by atoms with Crippen LogP contribution in [0, 0.1) is 0 Å². The molecule has 16 heavy (non-hydrogen) atoms. The molecule has 5 nitrogen and oxygen atoms in total. The van der Waals surface area contributed by atoms with Gasteiger partial charge in [0.05, 0.1) is 6.26 Å². The Morgan fingerprint density at radius 1 is 1.56 bits per heavy atom. The highest BCUT2D eigenvalue weighted by Crippen LogP contribution is 2.18. The van der Waals surface area contributed by atoms with Crippen LogP contribution in [0.5, 0.6) is 0 Å². The Bertz CT molecular complexity index is 339. The van der Waals surface area contributed by atoms with Crippen LogP contribution in [0.1, 0.15) is 32.6 Å². The van der Waals surface area contributed by atoms with Crippen molar-refractivity contribution in [3.05, 3.63) is 24.2 Å². The lowest BCUT2D eigenvalue weighted by molar-refractivity contribution is -0.159. The number of ether oxygens (including phenoxy) is 1. The first kappa shape index (κ1) is 12.7. The molecule has 1 rings (SSSR count). The Morgan fingerprint density at radius 3 is 2.62 bits per heavy atom. The van der Waals surface area contributed by atoms with E-state index in [0.717, 1.165) is 0 Å². The van der Waals surface area contributed by atoms with Gasteiger partial charge in [0.1, 0.15) is 23.5 Å². The van der Waals surface area contributed by atoms with Gasteiger partial charge in [0.25, 0.3) is 0 Å². The maximum absolute atomic E-state index is 11.5. The third-order valence-corrected chi connectivity index (χ3v) is 1.85. The summed E-state index contributed by atoms with van der Waals surface area (Å²) in [5.74, 6) is -0.408. The van der Waals surface area contributed by atoms with E-state index in [9.17, 15) is 9.90 Å². The number of hydrogen-bond donors (Lipinski definition) is 2. The molecular weight excluding hydrogens is 210 g/mol. The second kappa shape index (κ2) is 4.67. The number of aliphatic hydroxyl groups is 1. The maximum atomic E-state index is 11.5. The fourth-order valence-electron chi connectivity index (χ4n) is 1.14. The molecule has 0 unspecified atom stereocenters. The van der Waals surface area contributed by atoms with E-state index >= 15 is 0 Å². The molecule has 3 N–H and O–H groups in total. The van der Waals surface area contributed by atoms with E-state index in [1.807, 2.05) is 0 Å². The van der Waals surface area contributed by atoms with Gasteiger partial charge in [0.2, 0.25) is 0 Å². The number of carbonyl (C=O) groups is 1. The Kier molecular flexibility index (Phi) is 3.72. The maximum Gasteiger partial charge on any atom is 0.326 e. The van der Waals surface area contributed by atoms with Crippen LogP contribution in [0.2, 0.25) is 0 Å². The summed E-state index contributed by atoms with van der Waals surface area (Å²) in [6.07, 6.45) is 0.213. The first-order valence-corrected chi connectivity index (χ1v) is 5.01. The fraction of sp³-hybridized carbons (Fsp3) is 0.545. The lowest BCUT2D eigenvalue weighted by Gasteiger charge is -2.23. The van der Waals surface area contributed by atoms with E-state index < -0.39 is 23.7 Å². The minimum Gasteiger partial charge on any atom is -0.467 e. The number of furan rings is 1. The summed E-state index contributed by atoms with van der Waals surface area (Å²) in [4.78, 5) is 11.5. The normalized spacial score (nSPS) is 15.6. The zero-order valence-electron chi connectivity index (χ0n) is 9.64. The summed E-state index contributed by atoms with van der Waals surface area (Å²) in [5, 5.41) is 9.73. The fourth-order valence-corrected chi connectivity index (χ4v) is 1.14. The van der Waals surface area contributed by atoms with E-state index in [0.29, 0.717) is 0 Å². The topological polar surface area (TPSA) is 85.7 Å². The summed E-state index contributed by atoms with van der Waals surface area (Å²) < 4.78 is 10.0. The average Bonchev–Trinajstić information content (AvgIpc) is 2.65. The van der Waals surface area contributed by atoms with Crippen molar-refractivity contribution in [2.45, 2.75) is 38.5 Å². The average molecular weight is 227 g/mol. The molecule has 0 aromatic carbocycles. The van der Waals surface area contributed by atoms with Crippen LogP contribution in [0.25, 0.3) is 0 Å². The van der Waals surface area contributed by atoms with Crippen molar-refractivity contribution in [1.29, 1.82) is 0 Å². The van der Waals surface area contributed by atoms with Crippen molar-refractivity contribution in [2.75, 3.05) is 0 Å². The number of carbonyl (C=O) groups excluding carboxylic acids is 1. The van der Waals surface area contributed by atoms with Crippen molar-refractivity contribution < 1.29 is 19.1 Å². The number of rotatable bonds is 3. The van der Waals surface area contributed by atoms with Gasteiger partial charge in [-0.25, -0.2) is 0 Å². The molecule has 0 aliphatic carbocycles. The van der Waals surface area contributed by atoms with Gasteiger partial charge in [-0.2, -0.15) is 0 Å². The van der Waals surface area contributed by atoms with Gasteiger partial charge in [0.15, 0.2) is 0 Å². The monoisotopic (exact) mass is 227 g/mol. The van der Waals surface area contributed by atoms with E-state index in [-0.39, 0.29) is 5.76 Å². The van der Waals surface area contributed by atoms with Crippen LogP contribution in [0.15, 0.2) is 22.8 Å². The minimum absolute atomic E-state index is 0.248. The molecule has 0 spiro atoms. The molecule has 0 amide bonds. The number of esters is 1. The molecule has 0 saturated carbocycles. The largest absolute Gasteiger partial charge is 0.467 e. The molecular formula is C11H17NO4. The first-order chi connectivity index (χ1) is 7.31. The molecule has 0 saturated heterocycles. The third-order valence-electron chi connectivity index (χ3n) is 1.85. The zero-order valence-corrected chi connectivity index (χ0v) is 9.64. The smallest absolute Gasteiger partial charge is 0.326 e. The molecule has 90 valence electrons. The lowest BCUT2D eigenvalue weighted by Crippen LogP contribution is -2.41. The Balaban J connectivity index is 2.64. The van der Waals surface area contributed by atoms with Crippen LogP contribution >= 0.6 is 0 Å². The van der Waals surface area contributed by atoms with Crippen LogP contribution in [0.3, 0.4) is 0 Å². The minimum atomic E-state index is -1.19. The molecule has 0 fully saturated rings. The summed E-state index contributed by atoms with van der Waals surface area (Å²) in [6, 6.07) is 2.01. The van der Waals surface area contributed by atoms with E-state index in [2.05, 4.69) is 0 Å². The Morgan fingerprint density at radius 2 is 2.19 bits per heavy atom. The predicted molar refractivity (Wildman–Crippen MR) is 57.5 cm³/mol. The molecule has 0 aliphatic heterocycles. The highest BCUT2D eigenvalue weighted by molar-refractivity contribution is 5.76. The van der Waals surface area contributed by atoms with Crippen molar-refractivity contribution in [3.63, 3.8) is 0 Å². The number of hydrogen-bond acceptors (Lipinski definition) is 5. The van der Waals surface area contributed by atoms with Gasteiger partial charge in [-0.05, 0) is 32.9 Å². The van der Waals surface area contributed by atoms with Gasteiger partial charge in [-0.15, -0.1) is 0 Å². The first-order valence-electron chi connectivity index (χ1n) is 5.01. The molecule has 1 aromatic rings. The molecule has 1 heterocycles. The highest BCUT2D eigenvalue weighted by Gasteiger charge is 2.30. The molecule has 1 aromatic heterocycles. The van der Waals surface area contributed by atoms with Gasteiger partial charge < -0.3 is 20.0 Å². The standard InChI is InChI=1S/C11H17NO4/c1-11(2,3)16-10(14)8(12)9(13)7-5-4-6-15-7/h4-6,8-9,13H,12H2,1-3H3/t8-,9-/m1/s1. The van der Waals surface area contributed by atoms with Crippen molar-refractivity contribution in [3.8, 4) is 0 Å². The second-order valence-corrected chi connectivity index (χ2v) is 4.52. The Labute approximate surface area is 94.2 Å². The van der Waals surface area contributed by atoms with Crippen LogP contribution in [-0.4, -0.2) is 22.7 Å². The quantitative estimate of drug-likeness (QED) is 0.752. The van der Waals surface area contributed by atoms with Crippen molar-refractivity contribution in [2.24, 2.45) is 5.73 Å². The van der Waals surface area contributed by atoms with Crippen LogP contribution in [-0.2, 0) is 9.53 Å². The summed E-state index contributed by atoms with van der Waals surface area (Å²) in [5.41, 5.74) is 4.95. The summed E-state index contributed by atoms with van der Waals surface area (Å²) >= 11 is 0. The molecule has 5 heteroatoms. The van der Waals surface area contributed by atoms with Crippen LogP contribution in [0.4, 0.5) is 0 Å². The number of nitrogens with two attached hydrogens (primary N) is 1. The molecule has 0 radical (unpaired) electrons. The highest BCUT2D eigenvalue weighted by atomic mass is 16.6. The van der Waals surface area contributed by atoms with Gasteiger partial charge in [-0.3, -0.25) is 4.79 Å². The zero-order chi connectivity index (χ0) is 12.3. The lowest BCUT2D eigenvalue weighted by atomic mass is 10.1. The van der Waals surface area contributed by atoms with E-state index in [1.54, 1.807) is 32.9 Å². The summed E-state index contributed by atoms with van der Waals surface area (Å²) in [6.45, 7) is 5.20. The van der Waals surface area contributed by atoms with Gasteiger partial charge in [0, 0.05) is 0 Å². The second-order valence-electron chi connectivity index (χ2n) is 4.52. The van der Waals surface area contributed by atoms with E-state index in [4.69, 9.17) is 14.9 Å². The molecule has 0 aliphatic rings.